The number of nitrogens with two attached hydrogens (primary N) is 1. The second kappa shape index (κ2) is 4.23. The predicted molar refractivity (Wildman–Crippen MR) is 77.2 cm³/mol. The van der Waals surface area contributed by atoms with Gasteiger partial charge >= 0.3 is 0 Å². The molecule has 4 aliphatic carbocycles. The SMILES string of the molecule is CCC(C(C)(C)CN)C12CC3CC(CC(C3)C1)C2. The first kappa shape index (κ1) is 13.0. The van der Waals surface area contributed by atoms with Crippen LogP contribution in [-0.2, 0) is 0 Å². The molecule has 18 heavy (non-hydrogen) atoms. The van der Waals surface area contributed by atoms with Gasteiger partial charge in [-0.05, 0) is 79.6 Å². The summed E-state index contributed by atoms with van der Waals surface area (Å²) in [5.74, 6) is 4.06. The van der Waals surface area contributed by atoms with E-state index in [1.54, 1.807) is 19.3 Å². The minimum Gasteiger partial charge on any atom is -0.330 e. The fourth-order valence-corrected chi connectivity index (χ4v) is 6.56. The first-order valence-electron chi connectivity index (χ1n) is 8.19. The summed E-state index contributed by atoms with van der Waals surface area (Å²) in [7, 11) is 0. The lowest BCUT2D eigenvalue weighted by Gasteiger charge is -2.62. The summed E-state index contributed by atoms with van der Waals surface area (Å²) in [6.45, 7) is 8.09. The molecular formula is C17H31N. The molecule has 2 N–H and O–H groups in total. The van der Waals surface area contributed by atoms with Crippen molar-refractivity contribution in [1.29, 1.82) is 0 Å². The van der Waals surface area contributed by atoms with Crippen LogP contribution in [0.25, 0.3) is 0 Å². The van der Waals surface area contributed by atoms with Crippen LogP contribution in [-0.4, -0.2) is 6.54 Å². The quantitative estimate of drug-likeness (QED) is 0.793. The van der Waals surface area contributed by atoms with E-state index in [4.69, 9.17) is 5.73 Å². The van der Waals surface area contributed by atoms with E-state index in [9.17, 15) is 0 Å². The summed E-state index contributed by atoms with van der Waals surface area (Å²) < 4.78 is 0. The van der Waals surface area contributed by atoms with Crippen molar-refractivity contribution in [2.75, 3.05) is 6.54 Å². The zero-order chi connectivity index (χ0) is 13.0. The van der Waals surface area contributed by atoms with E-state index < -0.39 is 0 Å². The standard InChI is InChI=1S/C17H31N/c1-4-15(16(2,3)11-18)17-8-12-5-13(9-17)7-14(6-12)10-17/h12-15H,4-11,18H2,1-3H3. The molecule has 4 saturated carbocycles. The van der Waals surface area contributed by atoms with Gasteiger partial charge in [-0.15, -0.1) is 0 Å². The largest absolute Gasteiger partial charge is 0.330 e. The molecule has 4 bridgehead atoms. The summed E-state index contributed by atoms with van der Waals surface area (Å²) in [6.07, 6.45) is 10.6. The minimum absolute atomic E-state index is 0.334. The second-order valence-corrected chi connectivity index (χ2v) is 8.43. The van der Waals surface area contributed by atoms with E-state index in [2.05, 4.69) is 20.8 Å². The first-order chi connectivity index (χ1) is 8.49. The van der Waals surface area contributed by atoms with Crippen molar-refractivity contribution in [3.63, 3.8) is 0 Å². The van der Waals surface area contributed by atoms with Gasteiger partial charge in [-0.2, -0.15) is 0 Å². The van der Waals surface area contributed by atoms with Gasteiger partial charge in [0.1, 0.15) is 0 Å². The molecule has 0 heterocycles. The minimum atomic E-state index is 0.334. The molecule has 0 amide bonds. The molecule has 104 valence electrons. The van der Waals surface area contributed by atoms with Gasteiger partial charge in [0, 0.05) is 0 Å². The van der Waals surface area contributed by atoms with Crippen LogP contribution >= 0.6 is 0 Å². The molecule has 4 fully saturated rings. The Morgan fingerprint density at radius 2 is 1.50 bits per heavy atom. The van der Waals surface area contributed by atoms with E-state index in [0.717, 1.165) is 30.2 Å². The summed E-state index contributed by atoms with van der Waals surface area (Å²) in [5.41, 5.74) is 7.11. The lowest BCUT2D eigenvalue weighted by atomic mass is 9.43. The average molecular weight is 249 g/mol. The van der Waals surface area contributed by atoms with Crippen LogP contribution in [0.1, 0.15) is 65.7 Å². The monoisotopic (exact) mass is 249 g/mol. The topological polar surface area (TPSA) is 26.0 Å². The Morgan fingerprint density at radius 1 is 1.06 bits per heavy atom. The molecule has 4 aliphatic rings. The van der Waals surface area contributed by atoms with Gasteiger partial charge in [0.05, 0.1) is 0 Å². The maximum Gasteiger partial charge on any atom is -0.00230 e. The maximum absolute atomic E-state index is 6.10. The third-order valence-electron chi connectivity index (χ3n) is 6.70. The van der Waals surface area contributed by atoms with Crippen molar-refractivity contribution in [2.45, 2.75) is 65.7 Å². The molecule has 4 rings (SSSR count). The normalized spacial score (nSPS) is 44.3. The van der Waals surface area contributed by atoms with Gasteiger partial charge in [0.25, 0.3) is 0 Å². The molecular weight excluding hydrogens is 218 g/mol. The lowest BCUT2D eigenvalue weighted by Crippen LogP contribution is -2.53. The van der Waals surface area contributed by atoms with Crippen molar-refractivity contribution in [3.8, 4) is 0 Å². The highest BCUT2D eigenvalue weighted by Crippen LogP contribution is 2.65. The Bertz CT molecular complexity index is 282. The third kappa shape index (κ3) is 1.85. The smallest absolute Gasteiger partial charge is 0.00230 e. The van der Waals surface area contributed by atoms with Gasteiger partial charge in [-0.25, -0.2) is 0 Å². The Labute approximate surface area is 113 Å². The molecule has 0 radical (unpaired) electrons. The van der Waals surface area contributed by atoms with Crippen LogP contribution in [0.5, 0.6) is 0 Å². The molecule has 0 aromatic rings. The van der Waals surface area contributed by atoms with Crippen molar-refractivity contribution in [3.05, 3.63) is 0 Å². The Morgan fingerprint density at radius 3 is 1.83 bits per heavy atom. The molecule has 1 heteroatoms. The van der Waals surface area contributed by atoms with Crippen LogP contribution in [0.4, 0.5) is 0 Å². The molecule has 1 nitrogen and oxygen atoms in total. The van der Waals surface area contributed by atoms with E-state index in [1.165, 1.54) is 25.7 Å². The van der Waals surface area contributed by atoms with Gasteiger partial charge in [-0.3, -0.25) is 0 Å². The van der Waals surface area contributed by atoms with Crippen LogP contribution in [0.15, 0.2) is 0 Å². The first-order valence-corrected chi connectivity index (χ1v) is 8.19. The van der Waals surface area contributed by atoms with Crippen molar-refractivity contribution in [2.24, 2.45) is 40.2 Å². The molecule has 0 aliphatic heterocycles. The molecule has 0 aromatic carbocycles. The van der Waals surface area contributed by atoms with E-state index in [1.807, 2.05) is 0 Å². The summed E-state index contributed by atoms with van der Waals surface area (Å²) in [4.78, 5) is 0. The number of hydrogen-bond donors (Lipinski definition) is 1. The van der Waals surface area contributed by atoms with Crippen LogP contribution < -0.4 is 5.73 Å². The summed E-state index contributed by atoms with van der Waals surface area (Å²) in [5, 5.41) is 0. The van der Waals surface area contributed by atoms with Gasteiger partial charge < -0.3 is 5.73 Å². The molecule has 0 saturated heterocycles. The van der Waals surface area contributed by atoms with E-state index >= 15 is 0 Å². The van der Waals surface area contributed by atoms with Crippen molar-refractivity contribution >= 4 is 0 Å². The highest BCUT2D eigenvalue weighted by atomic mass is 14.7. The van der Waals surface area contributed by atoms with E-state index in [-0.39, 0.29) is 0 Å². The average Bonchev–Trinajstić information content (AvgIpc) is 2.27. The lowest BCUT2D eigenvalue weighted by molar-refractivity contribution is -0.116. The number of rotatable bonds is 4. The highest BCUT2D eigenvalue weighted by Gasteiger charge is 2.56. The highest BCUT2D eigenvalue weighted by molar-refractivity contribution is 5.06. The molecule has 0 spiro atoms. The molecule has 1 atom stereocenters. The maximum atomic E-state index is 6.10. The fraction of sp³-hybridized carbons (Fsp3) is 1.00. The second-order valence-electron chi connectivity index (χ2n) is 8.43. The van der Waals surface area contributed by atoms with Crippen LogP contribution in [0.2, 0.25) is 0 Å². The van der Waals surface area contributed by atoms with Crippen LogP contribution in [0, 0.1) is 34.5 Å². The van der Waals surface area contributed by atoms with Crippen molar-refractivity contribution < 1.29 is 0 Å². The Hall–Kier alpha value is -0.0400. The predicted octanol–water partition coefficient (Wildman–Crippen LogP) is 4.21. The Balaban J connectivity index is 1.89. The summed E-state index contributed by atoms with van der Waals surface area (Å²) in [6, 6.07) is 0. The molecule has 1 unspecified atom stereocenters. The van der Waals surface area contributed by atoms with E-state index in [0.29, 0.717) is 10.8 Å². The van der Waals surface area contributed by atoms with Gasteiger partial charge in [0.15, 0.2) is 0 Å². The number of hydrogen-bond acceptors (Lipinski definition) is 1. The van der Waals surface area contributed by atoms with Gasteiger partial charge in [0.2, 0.25) is 0 Å². The third-order valence-corrected chi connectivity index (χ3v) is 6.70. The molecule has 0 aromatic heterocycles. The zero-order valence-corrected chi connectivity index (χ0v) is 12.5. The van der Waals surface area contributed by atoms with Crippen molar-refractivity contribution in [1.82, 2.24) is 0 Å². The fourth-order valence-electron chi connectivity index (χ4n) is 6.56. The Kier molecular flexibility index (Phi) is 3.05. The van der Waals surface area contributed by atoms with Crippen LogP contribution in [0.3, 0.4) is 0 Å². The van der Waals surface area contributed by atoms with Gasteiger partial charge in [-0.1, -0.05) is 27.2 Å². The summed E-state index contributed by atoms with van der Waals surface area (Å²) >= 11 is 0. The zero-order valence-electron chi connectivity index (χ0n) is 12.5.